The van der Waals surface area contributed by atoms with Crippen molar-refractivity contribution < 1.29 is 4.79 Å². The van der Waals surface area contributed by atoms with E-state index in [1.54, 1.807) is 0 Å². The van der Waals surface area contributed by atoms with Crippen LogP contribution in [-0.2, 0) is 0 Å². The molecule has 0 aliphatic heterocycles. The first-order valence-electron chi connectivity index (χ1n) is 7.56. The van der Waals surface area contributed by atoms with Crippen LogP contribution in [0.25, 0.3) is 0 Å². The molecule has 0 aliphatic carbocycles. The van der Waals surface area contributed by atoms with E-state index in [0.717, 1.165) is 21.4 Å². The van der Waals surface area contributed by atoms with Crippen LogP contribution in [0.3, 0.4) is 0 Å². The molecule has 23 heavy (non-hydrogen) atoms. The molecule has 4 nitrogen and oxygen atoms in total. The Morgan fingerprint density at radius 2 is 1.91 bits per heavy atom. The summed E-state index contributed by atoms with van der Waals surface area (Å²) in [7, 11) is 2.02. The number of urea groups is 1. The zero-order valence-electron chi connectivity index (χ0n) is 13.6. The van der Waals surface area contributed by atoms with Crippen molar-refractivity contribution in [3.8, 4) is 0 Å². The molecule has 0 aromatic heterocycles. The molecule has 0 radical (unpaired) electrons. The minimum absolute atomic E-state index is 0.185. The molecule has 0 spiro atoms. The molecule has 0 saturated carbocycles. The number of amides is 2. The molecule has 2 amide bonds. The molecule has 2 N–H and O–H groups in total. The van der Waals surface area contributed by atoms with E-state index in [1.165, 1.54) is 0 Å². The van der Waals surface area contributed by atoms with Gasteiger partial charge in [-0.1, -0.05) is 24.3 Å². The monoisotopic (exact) mass is 375 g/mol. The van der Waals surface area contributed by atoms with E-state index < -0.39 is 0 Å². The fraction of sp³-hybridized carbons (Fsp3) is 0.278. The molecule has 1 unspecified atom stereocenters. The van der Waals surface area contributed by atoms with E-state index in [4.69, 9.17) is 0 Å². The van der Waals surface area contributed by atoms with Gasteiger partial charge in [-0.25, -0.2) is 4.79 Å². The van der Waals surface area contributed by atoms with Gasteiger partial charge < -0.3 is 15.5 Å². The summed E-state index contributed by atoms with van der Waals surface area (Å²) in [5.41, 5.74) is 3.03. The van der Waals surface area contributed by atoms with Crippen LogP contribution in [0, 0.1) is 6.92 Å². The maximum absolute atomic E-state index is 12.1. The van der Waals surface area contributed by atoms with Gasteiger partial charge in [0.1, 0.15) is 0 Å². The number of nitrogens with one attached hydrogen (secondary N) is 2. The molecule has 122 valence electrons. The highest BCUT2D eigenvalue weighted by Crippen LogP contribution is 2.23. The Morgan fingerprint density at radius 3 is 2.57 bits per heavy atom. The van der Waals surface area contributed by atoms with E-state index >= 15 is 0 Å². The fourth-order valence-electron chi connectivity index (χ4n) is 2.18. The molecule has 0 heterocycles. The van der Waals surface area contributed by atoms with Gasteiger partial charge in [-0.15, -0.1) is 0 Å². The molecule has 0 bridgehead atoms. The summed E-state index contributed by atoms with van der Waals surface area (Å²) >= 11 is 3.46. The molecule has 0 aliphatic rings. The Kier molecular flexibility index (Phi) is 6.04. The van der Waals surface area contributed by atoms with Gasteiger partial charge in [0.2, 0.25) is 0 Å². The number of nitrogens with zero attached hydrogens (tertiary/aromatic N) is 1. The van der Waals surface area contributed by atoms with Crippen molar-refractivity contribution in [3.63, 3.8) is 0 Å². The Hall–Kier alpha value is -2.01. The third kappa shape index (κ3) is 4.99. The first-order valence-corrected chi connectivity index (χ1v) is 8.35. The molecule has 2 aromatic rings. The predicted octanol–water partition coefficient (Wildman–Crippen LogP) is 4.40. The molecule has 2 rings (SSSR count). The molecule has 0 fully saturated rings. The van der Waals surface area contributed by atoms with Crippen molar-refractivity contribution >= 4 is 33.3 Å². The first kappa shape index (κ1) is 17.3. The molecular weight excluding hydrogens is 354 g/mol. The first-order chi connectivity index (χ1) is 11.0. The van der Waals surface area contributed by atoms with Gasteiger partial charge >= 0.3 is 6.03 Å². The molecule has 0 saturated heterocycles. The standard InChI is InChI=1S/C18H22BrN3O/c1-13-9-10-17(16(19)11-13)21-18(23)20-12-14(2)22(3)15-7-5-4-6-8-15/h4-11,14H,12H2,1-3H3,(H2,20,21,23). The van der Waals surface area contributed by atoms with Crippen LogP contribution in [-0.4, -0.2) is 25.7 Å². The fourth-order valence-corrected chi connectivity index (χ4v) is 2.78. The van der Waals surface area contributed by atoms with Gasteiger partial charge in [0.05, 0.1) is 5.69 Å². The maximum atomic E-state index is 12.1. The van der Waals surface area contributed by atoms with Gasteiger partial charge in [-0.05, 0) is 59.6 Å². The number of carbonyl (C=O) groups is 1. The lowest BCUT2D eigenvalue weighted by molar-refractivity contribution is 0.251. The van der Waals surface area contributed by atoms with E-state index in [2.05, 4.69) is 50.5 Å². The number of carbonyl (C=O) groups excluding carboxylic acids is 1. The number of benzene rings is 2. The van der Waals surface area contributed by atoms with Crippen LogP contribution >= 0.6 is 15.9 Å². The average Bonchev–Trinajstić information content (AvgIpc) is 2.55. The summed E-state index contributed by atoms with van der Waals surface area (Å²) in [6.45, 7) is 4.64. The van der Waals surface area contributed by atoms with Gasteiger partial charge in [-0.2, -0.15) is 0 Å². The third-order valence-corrected chi connectivity index (χ3v) is 4.41. The van der Waals surface area contributed by atoms with Crippen molar-refractivity contribution in [1.82, 2.24) is 5.32 Å². The lowest BCUT2D eigenvalue weighted by Crippen LogP contribution is -2.41. The minimum Gasteiger partial charge on any atom is -0.370 e. The number of hydrogen-bond acceptors (Lipinski definition) is 2. The number of hydrogen-bond donors (Lipinski definition) is 2. The van der Waals surface area contributed by atoms with Crippen LogP contribution < -0.4 is 15.5 Å². The summed E-state index contributed by atoms with van der Waals surface area (Å²) < 4.78 is 0.877. The second-order valence-corrected chi connectivity index (χ2v) is 6.47. The quantitative estimate of drug-likeness (QED) is 0.812. The minimum atomic E-state index is -0.206. The Balaban J connectivity index is 1.86. The van der Waals surface area contributed by atoms with E-state index in [1.807, 2.05) is 50.4 Å². The van der Waals surface area contributed by atoms with Crippen molar-refractivity contribution in [2.24, 2.45) is 0 Å². The number of likely N-dealkylation sites (N-methyl/N-ethyl adjacent to an activating group) is 1. The smallest absolute Gasteiger partial charge is 0.319 e. The zero-order chi connectivity index (χ0) is 16.8. The van der Waals surface area contributed by atoms with Gasteiger partial charge in [0.15, 0.2) is 0 Å². The molecule has 5 heteroatoms. The predicted molar refractivity (Wildman–Crippen MR) is 100 cm³/mol. The largest absolute Gasteiger partial charge is 0.370 e. The Bertz CT molecular complexity index is 661. The van der Waals surface area contributed by atoms with Crippen molar-refractivity contribution in [2.75, 3.05) is 23.8 Å². The van der Waals surface area contributed by atoms with E-state index in [9.17, 15) is 4.79 Å². The van der Waals surface area contributed by atoms with Crippen LogP contribution in [0.15, 0.2) is 53.0 Å². The van der Waals surface area contributed by atoms with Crippen molar-refractivity contribution in [1.29, 1.82) is 0 Å². The summed E-state index contributed by atoms with van der Waals surface area (Å²) in [6, 6.07) is 15.9. The third-order valence-electron chi connectivity index (χ3n) is 3.76. The summed E-state index contributed by atoms with van der Waals surface area (Å²) in [4.78, 5) is 14.2. The summed E-state index contributed by atoms with van der Waals surface area (Å²) in [5.74, 6) is 0. The topological polar surface area (TPSA) is 44.4 Å². The van der Waals surface area contributed by atoms with Crippen LogP contribution in [0.1, 0.15) is 12.5 Å². The van der Waals surface area contributed by atoms with Crippen LogP contribution in [0.4, 0.5) is 16.2 Å². The normalized spacial score (nSPS) is 11.7. The SMILES string of the molecule is Cc1ccc(NC(=O)NCC(C)N(C)c2ccccc2)c(Br)c1. The summed E-state index contributed by atoms with van der Waals surface area (Å²) in [6.07, 6.45) is 0. The van der Waals surface area contributed by atoms with Gasteiger partial charge in [-0.3, -0.25) is 0 Å². The number of anilines is 2. The second kappa shape index (κ2) is 8.02. The highest BCUT2D eigenvalue weighted by molar-refractivity contribution is 9.10. The van der Waals surface area contributed by atoms with Gasteiger partial charge in [0, 0.05) is 29.8 Å². The van der Waals surface area contributed by atoms with Crippen molar-refractivity contribution in [3.05, 3.63) is 58.6 Å². The molecule has 1 atom stereocenters. The zero-order valence-corrected chi connectivity index (χ0v) is 15.2. The number of aryl methyl sites for hydroxylation is 1. The van der Waals surface area contributed by atoms with Crippen LogP contribution in [0.5, 0.6) is 0 Å². The lowest BCUT2D eigenvalue weighted by Gasteiger charge is -2.27. The maximum Gasteiger partial charge on any atom is 0.319 e. The second-order valence-electron chi connectivity index (χ2n) is 5.61. The lowest BCUT2D eigenvalue weighted by atomic mass is 10.2. The number of rotatable bonds is 5. The average molecular weight is 376 g/mol. The summed E-state index contributed by atoms with van der Waals surface area (Å²) in [5, 5.41) is 5.77. The Morgan fingerprint density at radius 1 is 1.22 bits per heavy atom. The number of halogens is 1. The van der Waals surface area contributed by atoms with Crippen molar-refractivity contribution in [2.45, 2.75) is 19.9 Å². The van der Waals surface area contributed by atoms with E-state index in [0.29, 0.717) is 6.54 Å². The molecular formula is C18H22BrN3O. The highest BCUT2D eigenvalue weighted by atomic mass is 79.9. The number of para-hydroxylation sites is 1. The highest BCUT2D eigenvalue weighted by Gasteiger charge is 2.12. The van der Waals surface area contributed by atoms with Crippen LogP contribution in [0.2, 0.25) is 0 Å². The Labute approximate surface area is 146 Å². The van der Waals surface area contributed by atoms with Gasteiger partial charge in [0.25, 0.3) is 0 Å². The van der Waals surface area contributed by atoms with E-state index in [-0.39, 0.29) is 12.1 Å². The molecule has 2 aromatic carbocycles.